The van der Waals surface area contributed by atoms with Crippen LogP contribution in [0.15, 0.2) is 385 Å². The van der Waals surface area contributed by atoms with Gasteiger partial charge in [-0.3, -0.25) is 0 Å². The first-order valence-electron chi connectivity index (χ1n) is 38.0. The van der Waals surface area contributed by atoms with Gasteiger partial charge in [0.2, 0.25) is 0 Å². The van der Waals surface area contributed by atoms with E-state index in [9.17, 15) is 0 Å². The molecule has 10 nitrogen and oxygen atoms in total. The minimum Gasteiger partial charge on any atom is -0.456 e. The zero-order chi connectivity index (χ0) is 74.0. The highest BCUT2D eigenvalue weighted by molar-refractivity contribution is 6.00. The molecule has 10 heteroatoms. The molecule has 112 heavy (non-hydrogen) atoms. The average Bonchev–Trinajstić information content (AvgIpc) is 1.56. The first kappa shape index (κ1) is 65.5. The molecule has 0 saturated carbocycles. The van der Waals surface area contributed by atoms with E-state index in [-0.39, 0.29) is 23.9 Å². The third kappa shape index (κ3) is 11.7. The fourth-order valence-electron chi connectivity index (χ4n) is 17.0. The van der Waals surface area contributed by atoms with Crippen LogP contribution in [0.2, 0.25) is 0 Å². The third-order valence-corrected chi connectivity index (χ3v) is 22.2. The summed E-state index contributed by atoms with van der Waals surface area (Å²) in [6, 6.07) is 127. The lowest BCUT2D eigenvalue weighted by atomic mass is 9.82. The van der Waals surface area contributed by atoms with Crippen LogP contribution in [0, 0.1) is 0 Å². The van der Waals surface area contributed by atoms with Crippen LogP contribution in [0.3, 0.4) is 0 Å². The van der Waals surface area contributed by atoms with E-state index in [0.717, 1.165) is 94.9 Å². The number of benzene rings is 14. The number of aromatic nitrogens is 6. The van der Waals surface area contributed by atoms with Gasteiger partial charge in [0.25, 0.3) is 0 Å². The monoisotopic (exact) mass is 1440 g/mol. The van der Waals surface area contributed by atoms with E-state index >= 15 is 0 Å². The predicted molar refractivity (Wildman–Crippen MR) is 453 cm³/mol. The molecule has 0 spiro atoms. The number of furan rings is 2. The molecule has 4 aromatic heterocycles. The Hall–Kier alpha value is -14.7. The summed E-state index contributed by atoms with van der Waals surface area (Å²) in [5.74, 6) is 5.47. The molecule has 2 aliphatic heterocycles. The largest absolute Gasteiger partial charge is 0.456 e. The maximum Gasteiger partial charge on any atom is 0.167 e. The molecular weight excluding hydrogens is 1370 g/mol. The molecule has 14 aromatic carbocycles. The van der Waals surface area contributed by atoms with Crippen molar-refractivity contribution in [2.24, 2.45) is 0 Å². The van der Waals surface area contributed by atoms with Crippen LogP contribution in [0.1, 0.15) is 45.6 Å². The third-order valence-electron chi connectivity index (χ3n) is 22.2. The van der Waals surface area contributed by atoms with Crippen LogP contribution in [-0.4, -0.2) is 42.0 Å². The molecule has 6 heterocycles. The highest BCUT2D eigenvalue weighted by Gasteiger charge is 2.45. The number of para-hydroxylation sites is 4. The number of nitrogens with zero attached hydrogens (tertiary/aromatic N) is 8. The van der Waals surface area contributed by atoms with Crippen molar-refractivity contribution < 1.29 is 8.83 Å². The summed E-state index contributed by atoms with van der Waals surface area (Å²) < 4.78 is 13.7. The van der Waals surface area contributed by atoms with E-state index in [1.54, 1.807) is 0 Å². The van der Waals surface area contributed by atoms with Crippen molar-refractivity contribution in [3.8, 4) is 113 Å². The SMILES string of the molecule is C1=CC2C(c3ccccc3N2c2cccc(-c3ccccc3)c2)c2c1oc1c(-c3nc(-c4ccccc4)nc(-c4ccc(-c5ccccc5)cc4)n3)cccc21.C1=CC2C(c3ccccc3N2c2cccc(-c3ccccc3)c2)c2c1oc1c(-c3nc(-c4ccccc4)nc(-c4cccc(-c5ccccc5)c4)n3)cccc21. The summed E-state index contributed by atoms with van der Waals surface area (Å²) in [7, 11) is 0. The summed E-state index contributed by atoms with van der Waals surface area (Å²) in [6.45, 7) is 0. The second-order valence-electron chi connectivity index (χ2n) is 28.7. The van der Waals surface area contributed by atoms with E-state index in [2.05, 4.69) is 325 Å². The Morgan fingerprint density at radius 1 is 0.232 bits per heavy atom. The van der Waals surface area contributed by atoms with Gasteiger partial charge in [-0.15, -0.1) is 0 Å². The van der Waals surface area contributed by atoms with Gasteiger partial charge in [-0.25, -0.2) is 29.9 Å². The van der Waals surface area contributed by atoms with Crippen LogP contribution in [0.25, 0.3) is 147 Å². The first-order chi connectivity index (χ1) is 55.5. The number of anilines is 4. The van der Waals surface area contributed by atoms with Gasteiger partial charge in [-0.1, -0.05) is 322 Å². The second-order valence-corrected chi connectivity index (χ2v) is 28.7. The van der Waals surface area contributed by atoms with E-state index in [1.165, 1.54) is 61.4 Å². The van der Waals surface area contributed by atoms with Gasteiger partial charge in [0.1, 0.15) is 22.7 Å². The van der Waals surface area contributed by atoms with E-state index in [4.69, 9.17) is 38.7 Å². The standard InChI is InChI=1S/2C51H34N4O/c1-4-15-33(16-5-1)36-21-12-23-38(31-36)50-52-49(35-19-8-3-9-20-35)53-51(54-50)42-27-14-26-41-47-45(56-48(41)42)30-29-44-46(47)40-25-10-11-28-43(40)55(44)39-24-13-22-37(32-39)34-17-6-2-7-18-34;1-4-14-33(15-5-1)35-26-28-37(29-27-35)50-52-49(36-18-8-3-9-19-36)53-51(54-50)42-24-13-23-41-47-45(56-48(41)42)31-30-44-46(47)40-22-10-11-25-43(40)55(44)39-21-12-20-38(32-39)34-16-6-2-7-17-34/h2*1-32,44,46H. The Kier molecular flexibility index (Phi) is 16.3. The van der Waals surface area contributed by atoms with E-state index in [0.29, 0.717) is 34.9 Å². The highest BCUT2D eigenvalue weighted by atomic mass is 16.3. The molecule has 0 bridgehead atoms. The molecule has 0 radical (unpaired) electrons. The number of hydrogen-bond donors (Lipinski definition) is 0. The molecule has 0 saturated heterocycles. The Morgan fingerprint density at radius 3 is 0.946 bits per heavy atom. The number of rotatable bonds is 12. The van der Waals surface area contributed by atoms with Crippen molar-refractivity contribution in [1.29, 1.82) is 0 Å². The van der Waals surface area contributed by atoms with Gasteiger partial charge < -0.3 is 18.6 Å². The highest BCUT2D eigenvalue weighted by Crippen LogP contribution is 2.57. The number of hydrogen-bond acceptors (Lipinski definition) is 10. The summed E-state index contributed by atoms with van der Waals surface area (Å²) in [5.41, 5.74) is 26.0. The van der Waals surface area contributed by atoms with E-state index < -0.39 is 0 Å². The molecule has 2 aliphatic carbocycles. The minimum absolute atomic E-state index is 0.0672. The molecule has 0 amide bonds. The Labute approximate surface area is 648 Å². The Morgan fingerprint density at radius 2 is 0.527 bits per heavy atom. The van der Waals surface area contributed by atoms with Crippen molar-refractivity contribution in [3.05, 3.63) is 410 Å². The quantitative estimate of drug-likeness (QED) is 0.117. The van der Waals surface area contributed by atoms with Crippen molar-refractivity contribution in [2.75, 3.05) is 9.80 Å². The lowest BCUT2D eigenvalue weighted by Crippen LogP contribution is -2.30. The maximum absolute atomic E-state index is 6.88. The maximum atomic E-state index is 6.88. The van der Waals surface area contributed by atoms with Gasteiger partial charge in [-0.2, -0.15) is 0 Å². The zero-order valence-electron chi connectivity index (χ0n) is 60.7. The van der Waals surface area contributed by atoms with Crippen LogP contribution < -0.4 is 9.80 Å². The smallest absolute Gasteiger partial charge is 0.167 e. The summed E-state index contributed by atoms with van der Waals surface area (Å²) in [6.07, 6.45) is 8.92. The topological polar surface area (TPSA) is 110 Å². The van der Waals surface area contributed by atoms with Gasteiger partial charge >= 0.3 is 0 Å². The molecule has 528 valence electrons. The fourth-order valence-corrected chi connectivity index (χ4v) is 17.0. The fraction of sp³-hybridized carbons (Fsp3) is 0.0392. The minimum atomic E-state index is 0.0672. The lowest BCUT2D eigenvalue weighted by molar-refractivity contribution is 0.584. The molecule has 0 fully saturated rings. The van der Waals surface area contributed by atoms with Crippen molar-refractivity contribution in [1.82, 2.24) is 29.9 Å². The van der Waals surface area contributed by atoms with Crippen molar-refractivity contribution in [3.63, 3.8) is 0 Å². The van der Waals surface area contributed by atoms with E-state index in [1.807, 2.05) is 72.8 Å². The molecule has 18 aromatic rings. The van der Waals surface area contributed by atoms with Crippen LogP contribution >= 0.6 is 0 Å². The first-order valence-corrected chi connectivity index (χ1v) is 38.0. The molecule has 22 rings (SSSR count). The predicted octanol–water partition coefficient (Wildman–Crippen LogP) is 25.3. The molecule has 4 aliphatic rings. The number of fused-ring (bicyclic) bond motifs is 14. The summed E-state index contributed by atoms with van der Waals surface area (Å²) in [4.78, 5) is 35.5. The van der Waals surface area contributed by atoms with Crippen molar-refractivity contribution in [2.45, 2.75) is 23.9 Å². The Balaban J connectivity index is 0.000000141. The Bertz CT molecular complexity index is 6660. The van der Waals surface area contributed by atoms with Gasteiger partial charge in [-0.05, 0) is 122 Å². The lowest BCUT2D eigenvalue weighted by Gasteiger charge is -2.30. The van der Waals surface area contributed by atoms with Gasteiger partial charge in [0.05, 0.1) is 23.2 Å². The van der Waals surface area contributed by atoms with Gasteiger partial charge in [0.15, 0.2) is 34.9 Å². The molecular formula is C102H68N8O2. The summed E-state index contributed by atoms with van der Waals surface area (Å²) >= 11 is 0. The molecule has 4 unspecified atom stereocenters. The van der Waals surface area contributed by atoms with Crippen LogP contribution in [0.5, 0.6) is 0 Å². The average molecular weight is 1440 g/mol. The second kappa shape index (κ2) is 27.8. The van der Waals surface area contributed by atoms with Crippen molar-refractivity contribution >= 4 is 56.8 Å². The van der Waals surface area contributed by atoms with Crippen LogP contribution in [-0.2, 0) is 0 Å². The summed E-state index contributed by atoms with van der Waals surface area (Å²) in [5, 5.41) is 2.14. The normalized spacial score (nSPS) is 15.4. The molecule has 4 atom stereocenters. The molecule has 0 N–H and O–H groups in total. The van der Waals surface area contributed by atoms with Gasteiger partial charge in [0, 0.05) is 78.7 Å². The van der Waals surface area contributed by atoms with Crippen LogP contribution in [0.4, 0.5) is 22.7 Å². The zero-order valence-corrected chi connectivity index (χ0v) is 60.7.